The van der Waals surface area contributed by atoms with Crippen LogP contribution in [0.3, 0.4) is 0 Å². The van der Waals surface area contributed by atoms with Gasteiger partial charge < -0.3 is 22.7 Å². The number of allylic oxidation sites excluding steroid dienone is 1. The van der Waals surface area contributed by atoms with Gasteiger partial charge in [0.1, 0.15) is 39.4 Å². The molecule has 1 aliphatic heterocycles. The van der Waals surface area contributed by atoms with E-state index in [2.05, 4.69) is 0 Å². The number of esters is 1. The third-order valence-electron chi connectivity index (χ3n) is 8.45. The van der Waals surface area contributed by atoms with Gasteiger partial charge in [0.05, 0.1) is 18.7 Å². The zero-order valence-corrected chi connectivity index (χ0v) is 28.3. The average molecular weight is 730 g/mol. The summed E-state index contributed by atoms with van der Waals surface area (Å²) in [6.45, 7) is 1.70. The number of hydrogen-bond acceptors (Lipinski definition) is 11. The molecule has 2 N–H and O–H groups in total. The van der Waals surface area contributed by atoms with E-state index in [1.54, 1.807) is 43.3 Å². The third-order valence-corrected chi connectivity index (χ3v) is 9.69. The van der Waals surface area contributed by atoms with Gasteiger partial charge in [-0.15, -0.1) is 0 Å². The van der Waals surface area contributed by atoms with E-state index in [1.165, 1.54) is 17.1 Å². The van der Waals surface area contributed by atoms with E-state index in [0.717, 1.165) is 10.8 Å². The second kappa shape index (κ2) is 12.0. The number of hydrogen-bond donors (Lipinski definition) is 2. The van der Waals surface area contributed by atoms with Crippen LogP contribution in [0.2, 0.25) is 0 Å². The highest BCUT2D eigenvalue weighted by Crippen LogP contribution is 2.45. The van der Waals surface area contributed by atoms with Crippen LogP contribution in [0.4, 0.5) is 5.69 Å². The van der Waals surface area contributed by atoms with E-state index in [4.69, 9.17) is 22.7 Å². The molecule has 260 valence electrons. The molecule has 0 fully saturated rings. The summed E-state index contributed by atoms with van der Waals surface area (Å²) in [6.07, 6.45) is 2.38. The van der Waals surface area contributed by atoms with Crippen LogP contribution in [0.25, 0.3) is 60.9 Å². The molecule has 0 bridgehead atoms. The zero-order chi connectivity index (χ0) is 35.7. The fourth-order valence-electron chi connectivity index (χ4n) is 6.41. The fraction of sp³-hybridized carbons (Fsp3) is 0.139. The van der Waals surface area contributed by atoms with Crippen LogP contribution in [0.1, 0.15) is 24.7 Å². The van der Waals surface area contributed by atoms with Crippen LogP contribution in [0, 0.1) is 0 Å². The van der Waals surface area contributed by atoms with Gasteiger partial charge in [-0.1, -0.05) is 36.4 Å². The lowest BCUT2D eigenvalue weighted by Crippen LogP contribution is -2.27. The summed E-state index contributed by atoms with van der Waals surface area (Å²) in [5, 5.41) is 3.38. The molecule has 4 aromatic carbocycles. The van der Waals surface area contributed by atoms with E-state index in [9.17, 15) is 30.7 Å². The minimum absolute atomic E-state index is 0.00319. The van der Waals surface area contributed by atoms with Crippen molar-refractivity contribution in [2.24, 2.45) is 0 Å². The van der Waals surface area contributed by atoms with Crippen molar-refractivity contribution in [3.63, 3.8) is 0 Å². The Morgan fingerprint density at radius 2 is 1.37 bits per heavy atom. The Labute approximate surface area is 289 Å². The highest BCUT2D eigenvalue weighted by atomic mass is 32.2. The van der Waals surface area contributed by atoms with Crippen LogP contribution in [0.15, 0.2) is 104 Å². The SMILES string of the molecule is CCOC(=O)CC(=C/c1oc2cc3c(cc2c1CS(=O)(=O)O)oc1ccccc13)/C=C1/Oc2cc3c(cc2N1CS(=O)(=O)O)oc1ccccc13. The first-order chi connectivity index (χ1) is 24.3. The number of anilines is 1. The van der Waals surface area contributed by atoms with Gasteiger partial charge in [-0.2, -0.15) is 16.8 Å². The van der Waals surface area contributed by atoms with Crippen molar-refractivity contribution in [2.45, 2.75) is 19.1 Å². The first kappa shape index (κ1) is 32.6. The van der Waals surface area contributed by atoms with Crippen LogP contribution in [0.5, 0.6) is 5.75 Å². The summed E-state index contributed by atoms with van der Waals surface area (Å²) in [4.78, 5) is 14.1. The summed E-state index contributed by atoms with van der Waals surface area (Å²) >= 11 is 0. The van der Waals surface area contributed by atoms with Gasteiger partial charge in [0, 0.05) is 44.6 Å². The molecule has 1 aliphatic rings. The standard InChI is InChI=1S/C36H27NO12S2/c1-2-45-36(38)13-20(11-30-26(18-50(39,40)41)25-15-31-23(14-32(25)48-30)21-7-3-5-9-28(21)46-31)12-35-37(19-51(42,43)44)27-17-33-24(16-34(27)49-35)22-8-4-6-10-29(22)47-33/h3-12,14-17H,2,13,18-19H2,1H3,(H,39,40,41)(H,42,43,44)/b20-11+,35-12+. The summed E-state index contributed by atoms with van der Waals surface area (Å²) in [6, 6.07) is 21.3. The van der Waals surface area contributed by atoms with E-state index < -0.39 is 37.8 Å². The smallest absolute Gasteiger partial charge is 0.310 e. The molecule has 0 saturated carbocycles. The van der Waals surface area contributed by atoms with Crippen molar-refractivity contribution >= 4 is 92.8 Å². The number of rotatable bonds is 9. The topological polar surface area (TPSA) is 187 Å². The Morgan fingerprint density at radius 3 is 2.02 bits per heavy atom. The molecule has 13 nitrogen and oxygen atoms in total. The second-order valence-electron chi connectivity index (χ2n) is 12.0. The lowest BCUT2D eigenvalue weighted by molar-refractivity contribution is -0.142. The first-order valence-electron chi connectivity index (χ1n) is 15.6. The molecule has 0 spiro atoms. The van der Waals surface area contributed by atoms with E-state index in [0.29, 0.717) is 38.5 Å². The zero-order valence-electron chi connectivity index (χ0n) is 26.7. The molecule has 15 heteroatoms. The van der Waals surface area contributed by atoms with Gasteiger partial charge in [0.2, 0.25) is 5.88 Å². The molecule has 0 aliphatic carbocycles. The van der Waals surface area contributed by atoms with Crippen molar-refractivity contribution in [1.29, 1.82) is 0 Å². The maximum Gasteiger partial charge on any atom is 0.310 e. The van der Waals surface area contributed by atoms with Gasteiger partial charge in [-0.05, 0) is 48.9 Å². The number of fused-ring (bicyclic) bond motifs is 8. The number of para-hydroxylation sites is 2. The van der Waals surface area contributed by atoms with E-state index >= 15 is 0 Å². The predicted molar refractivity (Wildman–Crippen MR) is 189 cm³/mol. The van der Waals surface area contributed by atoms with Gasteiger partial charge in [0.25, 0.3) is 20.2 Å². The number of benzene rings is 4. The van der Waals surface area contributed by atoms with Crippen LogP contribution in [-0.2, 0) is 35.5 Å². The third kappa shape index (κ3) is 6.20. The molecule has 8 rings (SSSR count). The number of carbonyl (C=O) groups is 1. The Balaban J connectivity index is 1.30. The lowest BCUT2D eigenvalue weighted by atomic mass is 10.1. The number of nitrogens with zero attached hydrogens (tertiary/aromatic N) is 1. The molecule has 51 heavy (non-hydrogen) atoms. The van der Waals surface area contributed by atoms with Crippen molar-refractivity contribution < 1.29 is 53.5 Å². The Hall–Kier alpha value is -5.61. The van der Waals surface area contributed by atoms with Crippen molar-refractivity contribution in [1.82, 2.24) is 0 Å². The second-order valence-corrected chi connectivity index (χ2v) is 14.8. The molecule has 0 unspecified atom stereocenters. The highest BCUT2D eigenvalue weighted by molar-refractivity contribution is 7.85. The van der Waals surface area contributed by atoms with Crippen molar-refractivity contribution in [3.8, 4) is 5.75 Å². The molecule has 3 aromatic heterocycles. The van der Waals surface area contributed by atoms with Crippen LogP contribution in [-0.4, -0.2) is 44.4 Å². The summed E-state index contributed by atoms with van der Waals surface area (Å²) in [5.74, 6) is -2.22. The van der Waals surface area contributed by atoms with Gasteiger partial charge in [-0.3, -0.25) is 18.8 Å². The Bertz CT molecular complexity index is 2860. The number of carbonyl (C=O) groups excluding carboxylic acids is 1. The van der Waals surface area contributed by atoms with Crippen LogP contribution < -0.4 is 9.64 Å². The quantitative estimate of drug-likeness (QED) is 0.110. The molecular weight excluding hydrogens is 703 g/mol. The molecule has 0 atom stereocenters. The summed E-state index contributed by atoms with van der Waals surface area (Å²) in [5.41, 5.74) is 2.94. The van der Waals surface area contributed by atoms with Crippen molar-refractivity contribution in [3.05, 3.63) is 102 Å². The molecule has 7 aromatic rings. The maximum absolute atomic E-state index is 12.9. The molecule has 0 amide bonds. The van der Waals surface area contributed by atoms with E-state index in [1.807, 2.05) is 36.4 Å². The minimum Gasteiger partial charge on any atom is -0.466 e. The average Bonchev–Trinajstić information content (AvgIpc) is 3.78. The largest absolute Gasteiger partial charge is 0.466 e. The maximum atomic E-state index is 12.9. The number of ether oxygens (including phenoxy) is 2. The summed E-state index contributed by atoms with van der Waals surface area (Å²) < 4.78 is 98.3. The van der Waals surface area contributed by atoms with Crippen LogP contribution >= 0.6 is 0 Å². The highest BCUT2D eigenvalue weighted by Gasteiger charge is 2.32. The monoisotopic (exact) mass is 729 g/mol. The summed E-state index contributed by atoms with van der Waals surface area (Å²) in [7, 11) is -9.21. The molecule has 0 saturated heterocycles. The van der Waals surface area contributed by atoms with Gasteiger partial charge >= 0.3 is 5.97 Å². The van der Waals surface area contributed by atoms with Gasteiger partial charge in [-0.25, -0.2) is 0 Å². The Kier molecular flexibility index (Phi) is 7.68. The molecule has 4 heterocycles. The molecular formula is C36H27NO12S2. The normalized spacial score (nSPS) is 14.8. The first-order valence-corrected chi connectivity index (χ1v) is 18.8. The number of furan rings is 3. The fourth-order valence-corrected chi connectivity index (χ4v) is 7.66. The predicted octanol–water partition coefficient (Wildman–Crippen LogP) is 7.54. The molecule has 0 radical (unpaired) electrons. The van der Waals surface area contributed by atoms with E-state index in [-0.39, 0.29) is 52.8 Å². The van der Waals surface area contributed by atoms with Crippen molar-refractivity contribution in [2.75, 3.05) is 17.4 Å². The lowest BCUT2D eigenvalue weighted by Gasteiger charge is -2.17. The van der Waals surface area contributed by atoms with Gasteiger partial charge in [0.15, 0.2) is 11.6 Å². The minimum atomic E-state index is -4.62. The Morgan fingerprint density at radius 1 is 0.765 bits per heavy atom.